The van der Waals surface area contributed by atoms with Gasteiger partial charge in [0.05, 0.1) is 33.0 Å². The predicted octanol–water partition coefficient (Wildman–Crippen LogP) is -0.942. The molecule has 6 nitrogen and oxygen atoms in total. The van der Waals surface area contributed by atoms with Gasteiger partial charge in [-0.2, -0.15) is 0 Å². The van der Waals surface area contributed by atoms with Crippen molar-refractivity contribution < 1.29 is 14.2 Å². The number of hydrogen-bond donors (Lipinski definition) is 3. The van der Waals surface area contributed by atoms with Gasteiger partial charge in [0, 0.05) is 18.6 Å². The van der Waals surface area contributed by atoms with Crippen LogP contribution in [0.25, 0.3) is 0 Å². The van der Waals surface area contributed by atoms with E-state index in [1.165, 1.54) is 0 Å². The largest absolute Gasteiger partial charge is 0.377 e. The first kappa shape index (κ1) is 16.8. The highest BCUT2D eigenvalue weighted by Gasteiger charge is 2.10. The highest BCUT2D eigenvalue weighted by molar-refractivity contribution is 4.59. The summed E-state index contributed by atoms with van der Waals surface area (Å²) < 4.78 is 16.3. The molecule has 2 unspecified atom stereocenters. The molecule has 0 amide bonds. The standard InChI is InChI=1S/C11H27N3O3/c1-9(13)5-15-7-11(17-4-3-12)8-16-6-10(2)14/h9-11H,3-8,12-14H2,1-2H3. The zero-order chi connectivity index (χ0) is 13.1. The molecule has 0 heterocycles. The van der Waals surface area contributed by atoms with Gasteiger partial charge in [-0.25, -0.2) is 0 Å². The Kier molecular flexibility index (Phi) is 10.7. The van der Waals surface area contributed by atoms with Gasteiger partial charge < -0.3 is 31.4 Å². The third-order valence-electron chi connectivity index (χ3n) is 1.84. The van der Waals surface area contributed by atoms with E-state index in [1.807, 2.05) is 13.8 Å². The van der Waals surface area contributed by atoms with E-state index in [0.29, 0.717) is 39.6 Å². The first-order valence-corrected chi connectivity index (χ1v) is 6.04. The van der Waals surface area contributed by atoms with E-state index in [9.17, 15) is 0 Å². The smallest absolute Gasteiger partial charge is 0.104 e. The van der Waals surface area contributed by atoms with Crippen molar-refractivity contribution in [3.8, 4) is 0 Å². The van der Waals surface area contributed by atoms with Crippen LogP contribution in [0.4, 0.5) is 0 Å². The summed E-state index contributed by atoms with van der Waals surface area (Å²) in [4.78, 5) is 0. The Labute approximate surface area is 104 Å². The van der Waals surface area contributed by atoms with Crippen molar-refractivity contribution in [2.75, 3.05) is 39.6 Å². The fourth-order valence-electron chi connectivity index (χ4n) is 1.15. The average molecular weight is 249 g/mol. The van der Waals surface area contributed by atoms with Crippen LogP contribution in [0.2, 0.25) is 0 Å². The van der Waals surface area contributed by atoms with E-state index in [2.05, 4.69) is 0 Å². The molecule has 0 radical (unpaired) electrons. The molecule has 0 bridgehead atoms. The van der Waals surface area contributed by atoms with E-state index in [4.69, 9.17) is 31.4 Å². The summed E-state index contributed by atoms with van der Waals surface area (Å²) in [6.45, 7) is 6.70. The van der Waals surface area contributed by atoms with E-state index < -0.39 is 0 Å². The number of rotatable bonds is 11. The molecule has 0 aliphatic carbocycles. The zero-order valence-corrected chi connectivity index (χ0v) is 10.9. The fourth-order valence-corrected chi connectivity index (χ4v) is 1.15. The first-order valence-electron chi connectivity index (χ1n) is 6.04. The van der Waals surface area contributed by atoms with Crippen LogP contribution in [0, 0.1) is 0 Å². The van der Waals surface area contributed by atoms with Gasteiger partial charge in [0.25, 0.3) is 0 Å². The van der Waals surface area contributed by atoms with Crippen LogP contribution in [0.3, 0.4) is 0 Å². The Morgan fingerprint density at radius 2 is 1.35 bits per heavy atom. The van der Waals surface area contributed by atoms with Gasteiger partial charge in [-0.3, -0.25) is 0 Å². The molecule has 6 heteroatoms. The third-order valence-corrected chi connectivity index (χ3v) is 1.84. The van der Waals surface area contributed by atoms with Crippen molar-refractivity contribution in [3.63, 3.8) is 0 Å². The van der Waals surface area contributed by atoms with E-state index in [-0.39, 0.29) is 18.2 Å². The second-order valence-corrected chi connectivity index (χ2v) is 4.31. The lowest BCUT2D eigenvalue weighted by Gasteiger charge is -2.19. The van der Waals surface area contributed by atoms with Crippen LogP contribution in [0.1, 0.15) is 13.8 Å². The van der Waals surface area contributed by atoms with Crippen LogP contribution in [0.5, 0.6) is 0 Å². The maximum absolute atomic E-state index is 5.59. The Morgan fingerprint density at radius 1 is 0.882 bits per heavy atom. The zero-order valence-electron chi connectivity index (χ0n) is 10.9. The molecule has 0 aromatic heterocycles. The van der Waals surface area contributed by atoms with Crippen LogP contribution in [-0.2, 0) is 14.2 Å². The van der Waals surface area contributed by atoms with Crippen LogP contribution >= 0.6 is 0 Å². The van der Waals surface area contributed by atoms with Crippen molar-refractivity contribution in [2.45, 2.75) is 32.0 Å². The maximum atomic E-state index is 5.59. The Hall–Kier alpha value is -0.240. The van der Waals surface area contributed by atoms with Crippen molar-refractivity contribution in [1.29, 1.82) is 0 Å². The highest BCUT2D eigenvalue weighted by Crippen LogP contribution is 1.96. The molecular formula is C11H27N3O3. The minimum atomic E-state index is -0.115. The summed E-state index contributed by atoms with van der Waals surface area (Å²) in [5.74, 6) is 0. The second kappa shape index (κ2) is 10.9. The van der Waals surface area contributed by atoms with E-state index in [1.54, 1.807) is 0 Å². The number of nitrogens with two attached hydrogens (primary N) is 3. The van der Waals surface area contributed by atoms with Crippen molar-refractivity contribution >= 4 is 0 Å². The molecular weight excluding hydrogens is 222 g/mol. The quantitative estimate of drug-likeness (QED) is 0.436. The van der Waals surface area contributed by atoms with Gasteiger partial charge in [-0.05, 0) is 13.8 Å². The monoisotopic (exact) mass is 249 g/mol. The summed E-state index contributed by atoms with van der Waals surface area (Å²) in [5, 5.41) is 0. The van der Waals surface area contributed by atoms with Gasteiger partial charge >= 0.3 is 0 Å². The molecule has 104 valence electrons. The number of hydrogen-bond acceptors (Lipinski definition) is 6. The van der Waals surface area contributed by atoms with Gasteiger partial charge in [0.2, 0.25) is 0 Å². The molecule has 0 aromatic rings. The third kappa shape index (κ3) is 12.0. The summed E-state index contributed by atoms with van der Waals surface area (Å²) in [6.07, 6.45) is -0.115. The van der Waals surface area contributed by atoms with Gasteiger partial charge in [-0.1, -0.05) is 0 Å². The second-order valence-electron chi connectivity index (χ2n) is 4.31. The fraction of sp³-hybridized carbons (Fsp3) is 1.00. The first-order chi connectivity index (χ1) is 8.06. The van der Waals surface area contributed by atoms with Gasteiger partial charge in [0.15, 0.2) is 0 Å². The van der Waals surface area contributed by atoms with Crippen LogP contribution in [-0.4, -0.2) is 57.8 Å². The molecule has 0 aromatic carbocycles. The maximum Gasteiger partial charge on any atom is 0.104 e. The lowest BCUT2D eigenvalue weighted by molar-refractivity contribution is -0.0600. The molecule has 0 saturated heterocycles. The summed E-state index contributed by atoms with van der Waals surface area (Å²) in [5.41, 5.74) is 16.6. The molecule has 6 N–H and O–H groups in total. The Bertz CT molecular complexity index is 154. The number of ether oxygens (including phenoxy) is 3. The SMILES string of the molecule is CC(N)COCC(COCC(C)N)OCCN. The summed E-state index contributed by atoms with van der Waals surface area (Å²) >= 11 is 0. The van der Waals surface area contributed by atoms with Gasteiger partial charge in [0.1, 0.15) is 6.10 Å². The molecule has 17 heavy (non-hydrogen) atoms. The molecule has 0 aliphatic rings. The van der Waals surface area contributed by atoms with E-state index in [0.717, 1.165) is 0 Å². The van der Waals surface area contributed by atoms with Gasteiger partial charge in [-0.15, -0.1) is 0 Å². The predicted molar refractivity (Wildman–Crippen MR) is 67.7 cm³/mol. The minimum Gasteiger partial charge on any atom is -0.377 e. The van der Waals surface area contributed by atoms with Crippen molar-refractivity contribution in [2.24, 2.45) is 17.2 Å². The van der Waals surface area contributed by atoms with E-state index >= 15 is 0 Å². The Balaban J connectivity index is 3.71. The van der Waals surface area contributed by atoms with Crippen LogP contribution in [0.15, 0.2) is 0 Å². The lowest BCUT2D eigenvalue weighted by atomic mass is 10.3. The van der Waals surface area contributed by atoms with Crippen LogP contribution < -0.4 is 17.2 Å². The topological polar surface area (TPSA) is 106 Å². The molecule has 0 spiro atoms. The minimum absolute atomic E-state index is 0.0233. The van der Waals surface area contributed by atoms with Crippen molar-refractivity contribution in [3.05, 3.63) is 0 Å². The Morgan fingerprint density at radius 3 is 1.71 bits per heavy atom. The molecule has 2 atom stereocenters. The average Bonchev–Trinajstić information content (AvgIpc) is 2.24. The molecule has 0 aliphatic heterocycles. The molecule has 0 rings (SSSR count). The highest BCUT2D eigenvalue weighted by atomic mass is 16.6. The lowest BCUT2D eigenvalue weighted by Crippen LogP contribution is -2.32. The molecule has 0 fully saturated rings. The summed E-state index contributed by atoms with van der Waals surface area (Å²) in [6, 6.07) is 0.0466. The summed E-state index contributed by atoms with van der Waals surface area (Å²) in [7, 11) is 0. The normalized spacial score (nSPS) is 16.8. The van der Waals surface area contributed by atoms with Crippen molar-refractivity contribution in [1.82, 2.24) is 0 Å². The molecule has 0 saturated carbocycles.